The zero-order valence-corrected chi connectivity index (χ0v) is 14.4. The van der Waals surface area contributed by atoms with Crippen LogP contribution in [0.4, 0.5) is 0 Å². The third kappa shape index (κ3) is 6.90. The van der Waals surface area contributed by atoms with E-state index in [4.69, 9.17) is 0 Å². The van der Waals surface area contributed by atoms with Gasteiger partial charge in [-0.15, -0.1) is 29.7 Å². The van der Waals surface area contributed by atoms with Gasteiger partial charge in [0.15, 0.2) is 0 Å². The van der Waals surface area contributed by atoms with Crippen molar-refractivity contribution in [1.82, 2.24) is 0 Å². The van der Waals surface area contributed by atoms with Crippen LogP contribution in [0, 0.1) is 0 Å². The fraction of sp³-hybridized carbons (Fsp3) is 0.235. The predicted molar refractivity (Wildman–Crippen MR) is 87.4 cm³/mol. The molecule has 1 aliphatic rings. The molecule has 1 radical (unpaired) electrons. The van der Waals surface area contributed by atoms with E-state index in [2.05, 4.69) is 66.8 Å². The van der Waals surface area contributed by atoms with Gasteiger partial charge in [0.2, 0.25) is 0 Å². The van der Waals surface area contributed by atoms with Crippen molar-refractivity contribution in [2.45, 2.75) is 25.7 Å². The molecule has 19 heavy (non-hydrogen) atoms. The summed E-state index contributed by atoms with van der Waals surface area (Å²) < 4.78 is 0. The van der Waals surface area contributed by atoms with Gasteiger partial charge in [0, 0.05) is 0 Å². The van der Waals surface area contributed by atoms with E-state index >= 15 is 0 Å². The maximum Gasteiger partial charge on any atom is 1.00 e. The molecular formula is C17H22PRu. The van der Waals surface area contributed by atoms with Gasteiger partial charge in [-0.25, -0.2) is 0 Å². The third-order valence-electron chi connectivity index (χ3n) is 2.92. The Morgan fingerprint density at radius 1 is 0.842 bits per heavy atom. The van der Waals surface area contributed by atoms with Crippen LogP contribution in [0.5, 0.6) is 0 Å². The molecule has 0 aliphatic heterocycles. The molecule has 1 unspecified atom stereocenters. The Hall–Kier alpha value is -0.637. The number of hydrogen-bond donors (Lipinski definition) is 0. The molecule has 1 atom stereocenters. The van der Waals surface area contributed by atoms with Crippen molar-refractivity contribution in [3.8, 4) is 0 Å². The third-order valence-corrected chi connectivity index (χ3v) is 2.92. The maximum atomic E-state index is 2.23. The van der Waals surface area contributed by atoms with E-state index in [9.17, 15) is 0 Å². The first-order chi connectivity index (χ1) is 8.47. The van der Waals surface area contributed by atoms with Crippen LogP contribution in [0.1, 0.15) is 25.7 Å². The van der Waals surface area contributed by atoms with Gasteiger partial charge in [-0.2, -0.15) is 27.4 Å². The molecule has 0 nitrogen and oxygen atoms in total. The van der Waals surface area contributed by atoms with Gasteiger partial charge in [-0.1, -0.05) is 30.4 Å². The zero-order valence-electron chi connectivity index (χ0n) is 11.2. The minimum atomic E-state index is 0. The molecule has 2 heteroatoms. The molecule has 2 aromatic rings. The molecule has 2 aromatic carbocycles. The average molecular weight is 358 g/mol. The van der Waals surface area contributed by atoms with E-state index in [1.165, 1.54) is 36.5 Å². The van der Waals surface area contributed by atoms with Crippen LogP contribution in [0.25, 0.3) is 10.8 Å². The van der Waals surface area contributed by atoms with E-state index in [1.54, 1.807) is 0 Å². The molecule has 0 saturated heterocycles. The second-order valence-electron chi connectivity index (χ2n) is 4.30. The molecule has 0 amide bonds. The van der Waals surface area contributed by atoms with Crippen molar-refractivity contribution in [3.63, 3.8) is 0 Å². The number of fused-ring (bicyclic) bond motifs is 1. The van der Waals surface area contributed by atoms with Crippen molar-refractivity contribution in [2.75, 3.05) is 0 Å². The van der Waals surface area contributed by atoms with Gasteiger partial charge >= 0.3 is 19.5 Å². The molecular weight excluding hydrogens is 336 g/mol. The van der Waals surface area contributed by atoms with E-state index in [0.29, 0.717) is 0 Å². The van der Waals surface area contributed by atoms with E-state index in [-0.39, 0.29) is 29.4 Å². The Kier molecular flexibility index (Phi) is 10.8. The molecule has 0 aromatic heterocycles. The van der Waals surface area contributed by atoms with E-state index in [1.807, 2.05) is 0 Å². The molecule has 3 rings (SSSR count). The second kappa shape index (κ2) is 11.2. The maximum absolute atomic E-state index is 2.23. The summed E-state index contributed by atoms with van der Waals surface area (Å²) in [5, 5.41) is 2.66. The minimum Gasteiger partial charge on any atom is -0.168 e. The van der Waals surface area contributed by atoms with Crippen LogP contribution in [-0.2, 0) is 19.5 Å². The van der Waals surface area contributed by atoms with Gasteiger partial charge in [0.1, 0.15) is 0 Å². The molecule has 0 N–H and O–H groups in total. The molecule has 0 heterocycles. The molecule has 0 spiro atoms. The van der Waals surface area contributed by atoms with E-state index in [0.717, 1.165) is 0 Å². The molecule has 0 fully saturated rings. The van der Waals surface area contributed by atoms with Gasteiger partial charge in [0.05, 0.1) is 0 Å². The van der Waals surface area contributed by atoms with Gasteiger partial charge in [-0.3, -0.25) is 0 Å². The smallest absolute Gasteiger partial charge is 0.168 e. The number of allylic oxidation sites excluding steroid dienone is 4. The van der Waals surface area contributed by atoms with Gasteiger partial charge in [-0.05, 0) is 25.7 Å². The first-order valence-electron chi connectivity index (χ1n) is 6.39. The van der Waals surface area contributed by atoms with Crippen LogP contribution < -0.4 is 0 Å². The molecule has 0 bridgehead atoms. The SMILES string of the molecule is C1=CCCCCC=C1.P.[Ru+].c1ccc2[cH-]ccc2c1. The summed E-state index contributed by atoms with van der Waals surface area (Å²) in [6.45, 7) is 0. The topological polar surface area (TPSA) is 0 Å². The van der Waals surface area contributed by atoms with Crippen LogP contribution in [-0.4, -0.2) is 0 Å². The van der Waals surface area contributed by atoms with Crippen molar-refractivity contribution >= 4 is 20.7 Å². The van der Waals surface area contributed by atoms with Crippen molar-refractivity contribution in [1.29, 1.82) is 0 Å². The summed E-state index contributed by atoms with van der Waals surface area (Å²) in [5.74, 6) is 0. The first-order valence-corrected chi connectivity index (χ1v) is 6.39. The van der Waals surface area contributed by atoms with Gasteiger partial charge in [0.25, 0.3) is 0 Å². The standard InChI is InChI=1S/C9H7.C8H12.H3P.Ru/c1-2-5-9-7-3-6-8(9)4-1;1-2-4-6-8-7-5-3-1;;/h1-7H;1-4H,5-8H2;1H3;/q-1;;;+1. The van der Waals surface area contributed by atoms with Gasteiger partial charge < -0.3 is 0 Å². The van der Waals surface area contributed by atoms with Crippen LogP contribution >= 0.6 is 9.90 Å². The molecule has 1 aliphatic carbocycles. The Morgan fingerprint density at radius 2 is 1.47 bits per heavy atom. The second-order valence-corrected chi connectivity index (χ2v) is 4.30. The fourth-order valence-corrected chi connectivity index (χ4v) is 1.94. The minimum absolute atomic E-state index is 0. The summed E-state index contributed by atoms with van der Waals surface area (Å²) in [6.07, 6.45) is 14.0. The Balaban J connectivity index is 0.000000311. The molecule has 103 valence electrons. The first kappa shape index (κ1) is 18.4. The van der Waals surface area contributed by atoms with Crippen molar-refractivity contribution < 1.29 is 19.5 Å². The largest absolute Gasteiger partial charge is 1.00 e. The van der Waals surface area contributed by atoms with Crippen molar-refractivity contribution in [3.05, 3.63) is 66.8 Å². The average Bonchev–Trinajstić information content (AvgIpc) is 2.76. The fourth-order valence-electron chi connectivity index (χ4n) is 1.94. The molecule has 0 saturated carbocycles. The number of rotatable bonds is 0. The Bertz CT molecular complexity index is 452. The summed E-state index contributed by atoms with van der Waals surface area (Å²) >= 11 is 0. The zero-order chi connectivity index (χ0) is 11.8. The quantitative estimate of drug-likeness (QED) is 0.341. The summed E-state index contributed by atoms with van der Waals surface area (Å²) in [6, 6.07) is 14.7. The Labute approximate surface area is 132 Å². The summed E-state index contributed by atoms with van der Waals surface area (Å²) in [7, 11) is 0. The van der Waals surface area contributed by atoms with Crippen molar-refractivity contribution in [2.24, 2.45) is 0 Å². The monoisotopic (exact) mass is 359 g/mol. The van der Waals surface area contributed by atoms with Crippen LogP contribution in [0.2, 0.25) is 0 Å². The summed E-state index contributed by atoms with van der Waals surface area (Å²) in [4.78, 5) is 0. The Morgan fingerprint density at radius 3 is 2.11 bits per heavy atom. The van der Waals surface area contributed by atoms with E-state index < -0.39 is 0 Å². The van der Waals surface area contributed by atoms with Crippen LogP contribution in [0.3, 0.4) is 0 Å². The number of benzene rings is 1. The predicted octanol–water partition coefficient (Wildman–Crippen LogP) is 5.29. The number of hydrogen-bond acceptors (Lipinski definition) is 0. The summed E-state index contributed by atoms with van der Waals surface area (Å²) in [5.41, 5.74) is 0. The normalized spacial score (nSPS) is 13.3. The van der Waals surface area contributed by atoms with Crippen LogP contribution in [0.15, 0.2) is 66.8 Å².